The highest BCUT2D eigenvalue weighted by atomic mass is 32.1. The van der Waals surface area contributed by atoms with Crippen LogP contribution in [0.1, 0.15) is 40.0 Å². The number of pyridine rings is 1. The number of carbonyl (C=O) groups excluding carboxylic acids is 1. The maximum atomic E-state index is 12.3. The first kappa shape index (κ1) is 15.4. The van der Waals surface area contributed by atoms with Crippen LogP contribution in [0.15, 0.2) is 17.8 Å². The second-order valence-electron chi connectivity index (χ2n) is 4.84. The van der Waals surface area contributed by atoms with Gasteiger partial charge in [-0.2, -0.15) is 0 Å². The van der Waals surface area contributed by atoms with Gasteiger partial charge in [-0.1, -0.05) is 6.92 Å². The van der Waals surface area contributed by atoms with Crippen LogP contribution in [0.4, 0.5) is 5.69 Å². The Hall–Kier alpha value is -1.95. The highest BCUT2D eigenvalue weighted by molar-refractivity contribution is 7.09. The van der Waals surface area contributed by atoms with E-state index >= 15 is 0 Å². The molecule has 0 aromatic carbocycles. The molecule has 0 saturated heterocycles. The van der Waals surface area contributed by atoms with E-state index in [0.717, 1.165) is 34.9 Å². The average Bonchev–Trinajstić information content (AvgIpc) is 2.88. The van der Waals surface area contributed by atoms with Gasteiger partial charge >= 0.3 is 0 Å². The van der Waals surface area contributed by atoms with Crippen LogP contribution >= 0.6 is 11.3 Å². The van der Waals surface area contributed by atoms with Gasteiger partial charge in [-0.3, -0.25) is 9.78 Å². The molecule has 2 aromatic heterocycles. The summed E-state index contributed by atoms with van der Waals surface area (Å²) in [5.74, 6) is -0.117. The quantitative estimate of drug-likeness (QED) is 0.861. The second kappa shape index (κ2) is 7.17. The van der Waals surface area contributed by atoms with Gasteiger partial charge in [0, 0.05) is 23.3 Å². The molecule has 0 bridgehead atoms. The molecule has 0 aliphatic heterocycles. The van der Waals surface area contributed by atoms with Crippen molar-refractivity contribution in [2.75, 3.05) is 11.9 Å². The van der Waals surface area contributed by atoms with Crippen LogP contribution in [0.2, 0.25) is 0 Å². The summed E-state index contributed by atoms with van der Waals surface area (Å²) in [6.45, 7) is 7.28. The van der Waals surface area contributed by atoms with E-state index in [1.54, 1.807) is 23.0 Å². The van der Waals surface area contributed by atoms with Crippen molar-refractivity contribution >= 4 is 22.9 Å². The number of anilines is 1. The molecule has 0 aliphatic rings. The van der Waals surface area contributed by atoms with E-state index in [9.17, 15) is 4.79 Å². The number of aryl methyl sites for hydroxylation is 2. The molecule has 112 valence electrons. The lowest BCUT2D eigenvalue weighted by molar-refractivity contribution is 0.0951. The van der Waals surface area contributed by atoms with Crippen molar-refractivity contribution in [3.8, 4) is 0 Å². The molecule has 2 rings (SSSR count). The molecule has 0 radical (unpaired) electrons. The first-order chi connectivity index (χ1) is 10.1. The number of carbonyl (C=O) groups is 1. The molecular weight excluding hydrogens is 284 g/mol. The van der Waals surface area contributed by atoms with E-state index in [-0.39, 0.29) is 5.91 Å². The SMILES string of the molecule is CCCNc1cc(C)ncc1C(=O)NCc1scnc1C. The third kappa shape index (κ3) is 4.01. The van der Waals surface area contributed by atoms with Gasteiger partial charge < -0.3 is 10.6 Å². The molecule has 6 heteroatoms. The Kier molecular flexibility index (Phi) is 5.27. The molecular formula is C15H20N4OS. The lowest BCUT2D eigenvalue weighted by atomic mass is 10.2. The standard InChI is InChI=1S/C15H20N4OS/c1-4-5-16-13-6-10(2)17-7-12(13)15(20)18-8-14-11(3)19-9-21-14/h6-7,9H,4-5,8H2,1-3H3,(H,16,17)(H,18,20). The highest BCUT2D eigenvalue weighted by Crippen LogP contribution is 2.17. The summed E-state index contributed by atoms with van der Waals surface area (Å²) in [6.07, 6.45) is 2.63. The van der Waals surface area contributed by atoms with Crippen LogP contribution < -0.4 is 10.6 Å². The van der Waals surface area contributed by atoms with E-state index < -0.39 is 0 Å². The summed E-state index contributed by atoms with van der Waals surface area (Å²) < 4.78 is 0. The van der Waals surface area contributed by atoms with Crippen LogP contribution in [-0.4, -0.2) is 22.4 Å². The van der Waals surface area contributed by atoms with Gasteiger partial charge in [-0.25, -0.2) is 4.98 Å². The van der Waals surface area contributed by atoms with E-state index in [1.165, 1.54) is 0 Å². The molecule has 5 nitrogen and oxygen atoms in total. The molecule has 0 atom stereocenters. The monoisotopic (exact) mass is 304 g/mol. The molecule has 0 spiro atoms. The van der Waals surface area contributed by atoms with E-state index in [0.29, 0.717) is 12.1 Å². The average molecular weight is 304 g/mol. The molecule has 0 aliphatic carbocycles. The number of thiazole rings is 1. The molecule has 0 saturated carbocycles. The first-order valence-corrected chi connectivity index (χ1v) is 7.87. The molecule has 0 unspecified atom stereocenters. The molecule has 1 amide bonds. The third-order valence-corrected chi connectivity index (χ3v) is 4.04. The molecule has 2 aromatic rings. The molecule has 2 heterocycles. The third-order valence-electron chi connectivity index (χ3n) is 3.11. The largest absolute Gasteiger partial charge is 0.384 e. The Labute approximate surface area is 128 Å². The number of nitrogens with zero attached hydrogens (tertiary/aromatic N) is 2. The maximum absolute atomic E-state index is 12.3. The zero-order valence-electron chi connectivity index (χ0n) is 12.6. The van der Waals surface area contributed by atoms with Crippen LogP contribution in [0.5, 0.6) is 0 Å². The lowest BCUT2D eigenvalue weighted by Gasteiger charge is -2.12. The van der Waals surface area contributed by atoms with Crippen molar-refractivity contribution in [1.29, 1.82) is 0 Å². The van der Waals surface area contributed by atoms with Crippen molar-refractivity contribution in [3.05, 3.63) is 39.6 Å². The van der Waals surface area contributed by atoms with Gasteiger partial charge in [0.15, 0.2) is 0 Å². The topological polar surface area (TPSA) is 66.9 Å². The molecule has 2 N–H and O–H groups in total. The minimum atomic E-state index is -0.117. The Bertz CT molecular complexity index is 624. The highest BCUT2D eigenvalue weighted by Gasteiger charge is 2.13. The fourth-order valence-corrected chi connectivity index (χ4v) is 2.62. The number of rotatable bonds is 6. The smallest absolute Gasteiger partial charge is 0.255 e. The van der Waals surface area contributed by atoms with E-state index in [4.69, 9.17) is 0 Å². The molecule has 21 heavy (non-hydrogen) atoms. The molecule has 0 fully saturated rings. The van der Waals surface area contributed by atoms with Gasteiger partial charge in [-0.05, 0) is 26.3 Å². The lowest BCUT2D eigenvalue weighted by Crippen LogP contribution is -2.24. The van der Waals surface area contributed by atoms with Crippen LogP contribution in [-0.2, 0) is 6.54 Å². The second-order valence-corrected chi connectivity index (χ2v) is 5.78. The zero-order chi connectivity index (χ0) is 15.2. The number of aromatic nitrogens is 2. The Morgan fingerprint density at radius 1 is 1.33 bits per heavy atom. The number of hydrogen-bond donors (Lipinski definition) is 2. The Morgan fingerprint density at radius 3 is 2.81 bits per heavy atom. The number of nitrogens with one attached hydrogen (secondary N) is 2. The summed E-state index contributed by atoms with van der Waals surface area (Å²) in [6, 6.07) is 1.91. The summed E-state index contributed by atoms with van der Waals surface area (Å²) in [5, 5.41) is 6.21. The number of amides is 1. The predicted octanol–water partition coefficient (Wildman–Crippen LogP) is 2.91. The van der Waals surface area contributed by atoms with Crippen LogP contribution in [0.25, 0.3) is 0 Å². The van der Waals surface area contributed by atoms with E-state index in [2.05, 4.69) is 27.5 Å². The van der Waals surface area contributed by atoms with Gasteiger partial charge in [0.1, 0.15) is 0 Å². The van der Waals surface area contributed by atoms with Gasteiger partial charge in [0.25, 0.3) is 5.91 Å². The zero-order valence-corrected chi connectivity index (χ0v) is 13.4. The van der Waals surface area contributed by atoms with Crippen molar-refractivity contribution in [2.45, 2.75) is 33.7 Å². The van der Waals surface area contributed by atoms with Gasteiger partial charge in [0.2, 0.25) is 0 Å². The van der Waals surface area contributed by atoms with Crippen molar-refractivity contribution < 1.29 is 4.79 Å². The fraction of sp³-hybridized carbons (Fsp3) is 0.400. The summed E-state index contributed by atoms with van der Waals surface area (Å²) >= 11 is 1.55. The predicted molar refractivity (Wildman–Crippen MR) is 85.8 cm³/mol. The van der Waals surface area contributed by atoms with Crippen molar-refractivity contribution in [3.63, 3.8) is 0 Å². The van der Waals surface area contributed by atoms with Crippen LogP contribution in [0, 0.1) is 13.8 Å². The Balaban J connectivity index is 2.09. The Morgan fingerprint density at radius 2 is 2.14 bits per heavy atom. The van der Waals surface area contributed by atoms with Crippen LogP contribution in [0.3, 0.4) is 0 Å². The van der Waals surface area contributed by atoms with Crippen molar-refractivity contribution in [2.24, 2.45) is 0 Å². The summed E-state index contributed by atoms with van der Waals surface area (Å²) in [7, 11) is 0. The minimum absolute atomic E-state index is 0.117. The normalized spacial score (nSPS) is 10.4. The maximum Gasteiger partial charge on any atom is 0.255 e. The van der Waals surface area contributed by atoms with Crippen molar-refractivity contribution in [1.82, 2.24) is 15.3 Å². The van der Waals surface area contributed by atoms with E-state index in [1.807, 2.05) is 19.9 Å². The summed E-state index contributed by atoms with van der Waals surface area (Å²) in [4.78, 5) is 21.8. The summed E-state index contributed by atoms with van der Waals surface area (Å²) in [5.41, 5.74) is 5.06. The fourth-order valence-electron chi connectivity index (χ4n) is 1.90. The van der Waals surface area contributed by atoms with Gasteiger partial charge in [0.05, 0.1) is 29.0 Å². The minimum Gasteiger partial charge on any atom is -0.384 e. The first-order valence-electron chi connectivity index (χ1n) is 6.99. The van der Waals surface area contributed by atoms with Gasteiger partial charge in [-0.15, -0.1) is 11.3 Å². The number of hydrogen-bond acceptors (Lipinski definition) is 5.